The molecule has 0 aliphatic carbocycles. The van der Waals surface area contributed by atoms with Gasteiger partial charge in [-0.05, 0) is 60.7 Å². The van der Waals surface area contributed by atoms with Crippen molar-refractivity contribution in [3.05, 3.63) is 206 Å². The van der Waals surface area contributed by atoms with Crippen LogP contribution >= 0.6 is 0 Å². The highest BCUT2D eigenvalue weighted by Crippen LogP contribution is 2.44. The fraction of sp³-hybridized carbons (Fsp3) is 0. The second-order valence-corrected chi connectivity index (χ2v) is 15.5. The van der Waals surface area contributed by atoms with E-state index in [1.54, 1.807) is 0 Å². The van der Waals surface area contributed by atoms with Crippen molar-refractivity contribution in [3.8, 4) is 28.3 Å². The number of benzene rings is 9. The molecule has 13 rings (SSSR count). The number of nitrogens with zero attached hydrogens (tertiary/aromatic N) is 4. The van der Waals surface area contributed by atoms with Gasteiger partial charge in [0.05, 0.1) is 44.3 Å². The van der Waals surface area contributed by atoms with Crippen molar-refractivity contribution in [1.82, 2.24) is 18.7 Å². The van der Waals surface area contributed by atoms with E-state index in [1.807, 2.05) is 0 Å². The van der Waals surface area contributed by atoms with Gasteiger partial charge in [0, 0.05) is 71.1 Å². The second kappa shape index (κ2) is 12.3. The second-order valence-electron chi connectivity index (χ2n) is 15.5. The van der Waals surface area contributed by atoms with Crippen molar-refractivity contribution in [2.75, 3.05) is 0 Å². The van der Waals surface area contributed by atoms with Crippen molar-refractivity contribution < 1.29 is 0 Å². The molecule has 0 spiro atoms. The number of hydrogen-bond acceptors (Lipinski definition) is 1. The summed E-state index contributed by atoms with van der Waals surface area (Å²) in [6.45, 7) is 0. The van der Waals surface area contributed by atoms with Gasteiger partial charge in [0.1, 0.15) is 0 Å². The van der Waals surface area contributed by atoms with Crippen molar-refractivity contribution in [2.24, 2.45) is 0 Å². The maximum atomic E-state index is 5.42. The number of para-hydroxylation sites is 6. The molecule has 0 N–H and O–H groups in total. The quantitative estimate of drug-likeness (QED) is 0.165. The van der Waals surface area contributed by atoms with Crippen molar-refractivity contribution in [1.29, 1.82) is 0 Å². The van der Waals surface area contributed by atoms with E-state index in [4.69, 9.17) is 4.98 Å². The highest BCUT2D eigenvalue weighted by atomic mass is 15.0. The van der Waals surface area contributed by atoms with E-state index in [0.717, 1.165) is 44.6 Å². The highest BCUT2D eigenvalue weighted by molar-refractivity contribution is 6.27. The highest BCUT2D eigenvalue weighted by Gasteiger charge is 2.23. The van der Waals surface area contributed by atoms with Crippen LogP contribution in [0.25, 0.3) is 115 Å². The molecule has 0 saturated carbocycles. The average molecular weight is 751 g/mol. The van der Waals surface area contributed by atoms with E-state index >= 15 is 0 Å². The van der Waals surface area contributed by atoms with Gasteiger partial charge in [0.2, 0.25) is 0 Å². The van der Waals surface area contributed by atoms with Crippen LogP contribution in [0.2, 0.25) is 0 Å². The molecule has 4 aromatic heterocycles. The van der Waals surface area contributed by atoms with Crippen LogP contribution in [0.5, 0.6) is 0 Å². The molecule has 4 nitrogen and oxygen atoms in total. The summed E-state index contributed by atoms with van der Waals surface area (Å²) < 4.78 is 7.34. The van der Waals surface area contributed by atoms with Gasteiger partial charge in [-0.1, -0.05) is 146 Å². The van der Waals surface area contributed by atoms with E-state index in [-0.39, 0.29) is 0 Å². The van der Waals surface area contributed by atoms with Crippen LogP contribution in [0.15, 0.2) is 206 Å². The normalized spacial score (nSPS) is 12.1. The van der Waals surface area contributed by atoms with Crippen LogP contribution in [0, 0.1) is 0 Å². The summed E-state index contributed by atoms with van der Waals surface area (Å²) in [6.07, 6.45) is 0. The third-order valence-corrected chi connectivity index (χ3v) is 12.4. The van der Waals surface area contributed by atoms with Crippen LogP contribution in [-0.2, 0) is 0 Å². The lowest BCUT2D eigenvalue weighted by Gasteiger charge is -2.15. The average Bonchev–Trinajstić information content (AvgIpc) is 3.95. The zero-order chi connectivity index (χ0) is 38.6. The fourth-order valence-corrected chi connectivity index (χ4v) is 9.94. The van der Waals surface area contributed by atoms with Gasteiger partial charge >= 0.3 is 0 Å². The molecule has 0 aliphatic heterocycles. The van der Waals surface area contributed by atoms with E-state index in [0.29, 0.717) is 0 Å². The van der Waals surface area contributed by atoms with Gasteiger partial charge in [-0.3, -0.25) is 0 Å². The molecular weight excluding hydrogens is 717 g/mol. The summed E-state index contributed by atoms with van der Waals surface area (Å²) in [5, 5.41) is 10.9. The molecule has 13 aromatic rings. The largest absolute Gasteiger partial charge is 0.309 e. The zero-order valence-corrected chi connectivity index (χ0v) is 31.9. The zero-order valence-electron chi connectivity index (χ0n) is 31.9. The predicted octanol–water partition coefficient (Wildman–Crippen LogP) is 14.3. The number of hydrogen-bond donors (Lipinski definition) is 0. The summed E-state index contributed by atoms with van der Waals surface area (Å²) in [5.74, 6) is 0. The van der Waals surface area contributed by atoms with Crippen molar-refractivity contribution in [3.63, 3.8) is 0 Å². The molecular formula is C55H34N4. The number of pyridine rings is 1. The molecule has 274 valence electrons. The fourth-order valence-electron chi connectivity index (χ4n) is 9.94. The minimum absolute atomic E-state index is 0.978. The van der Waals surface area contributed by atoms with Crippen LogP contribution in [0.3, 0.4) is 0 Å². The van der Waals surface area contributed by atoms with Gasteiger partial charge in [-0.2, -0.15) is 0 Å². The first-order valence-electron chi connectivity index (χ1n) is 20.2. The van der Waals surface area contributed by atoms with Crippen molar-refractivity contribution >= 4 is 87.1 Å². The molecule has 0 saturated heterocycles. The maximum absolute atomic E-state index is 5.42. The van der Waals surface area contributed by atoms with Crippen molar-refractivity contribution in [2.45, 2.75) is 0 Å². The third kappa shape index (κ3) is 4.51. The van der Waals surface area contributed by atoms with Gasteiger partial charge in [0.15, 0.2) is 0 Å². The van der Waals surface area contributed by atoms with E-state index < -0.39 is 0 Å². The minimum atomic E-state index is 0.978. The Kier molecular flexibility index (Phi) is 6.69. The summed E-state index contributed by atoms with van der Waals surface area (Å²) >= 11 is 0. The minimum Gasteiger partial charge on any atom is -0.309 e. The van der Waals surface area contributed by atoms with E-state index in [2.05, 4.69) is 220 Å². The van der Waals surface area contributed by atoms with Gasteiger partial charge in [-0.15, -0.1) is 0 Å². The van der Waals surface area contributed by atoms with Crippen LogP contribution in [-0.4, -0.2) is 18.7 Å². The molecule has 4 heterocycles. The Morgan fingerprint density at radius 2 is 0.661 bits per heavy atom. The monoisotopic (exact) mass is 750 g/mol. The number of aromatic nitrogens is 4. The Hall–Kier alpha value is -7.95. The first-order chi connectivity index (χ1) is 29.3. The predicted molar refractivity (Wildman–Crippen MR) is 248 cm³/mol. The Labute approximate surface area is 339 Å². The molecule has 0 amide bonds. The molecule has 0 radical (unpaired) electrons. The first kappa shape index (κ1) is 32.2. The van der Waals surface area contributed by atoms with Crippen LogP contribution in [0.4, 0.5) is 0 Å². The molecule has 0 fully saturated rings. The number of fused-ring (bicyclic) bond motifs is 14. The maximum Gasteiger partial charge on any atom is 0.0788 e. The van der Waals surface area contributed by atoms with Crippen LogP contribution < -0.4 is 0 Å². The lowest BCUT2D eigenvalue weighted by Crippen LogP contribution is -1.99. The number of rotatable bonds is 4. The van der Waals surface area contributed by atoms with Gasteiger partial charge < -0.3 is 13.7 Å². The molecule has 4 heteroatoms. The Bertz CT molecular complexity index is 3810. The van der Waals surface area contributed by atoms with Gasteiger partial charge in [0.25, 0.3) is 0 Å². The third-order valence-electron chi connectivity index (χ3n) is 12.4. The van der Waals surface area contributed by atoms with E-state index in [9.17, 15) is 0 Å². The molecule has 0 bridgehead atoms. The summed E-state index contributed by atoms with van der Waals surface area (Å²) in [7, 11) is 0. The Balaban J connectivity index is 1.09. The summed E-state index contributed by atoms with van der Waals surface area (Å²) in [6, 6.07) is 74.7. The lowest BCUT2D eigenvalue weighted by atomic mass is 9.97. The topological polar surface area (TPSA) is 27.7 Å². The molecule has 0 aliphatic rings. The summed E-state index contributed by atoms with van der Waals surface area (Å²) in [5.41, 5.74) is 13.6. The van der Waals surface area contributed by atoms with E-state index in [1.165, 1.54) is 70.8 Å². The summed E-state index contributed by atoms with van der Waals surface area (Å²) in [4.78, 5) is 5.42. The lowest BCUT2D eigenvalue weighted by molar-refractivity contribution is 1.15. The first-order valence-corrected chi connectivity index (χ1v) is 20.2. The molecule has 9 aromatic carbocycles. The molecule has 0 unspecified atom stereocenters. The Morgan fingerprint density at radius 1 is 0.271 bits per heavy atom. The van der Waals surface area contributed by atoms with Crippen LogP contribution in [0.1, 0.15) is 0 Å². The standard InChI is InChI=1S/C55H34N4/c1-3-15-36(16-4-1)57-48-24-12-8-19-39(48)42-33-34-46-51(53(42)57)45-22-7-11-23-47(45)56-52(46)35-27-29-38(30-28-35)59-50-26-14-10-21-41(50)44-32-31-43-40-20-9-13-25-49(40)58(54(43)55(44)59)37-17-5-2-6-18-37/h1-34H. The molecule has 0 atom stereocenters. The molecule has 59 heavy (non-hydrogen) atoms. The smallest absolute Gasteiger partial charge is 0.0788 e. The SMILES string of the molecule is c1ccc(-n2c3ccccc3c3ccc4c(-c5ccc(-n6c7ccccc7c7ccc8c9ccccc9n(-c9ccccc9)c8c76)cc5)nc5ccccc5c4c32)cc1. The van der Waals surface area contributed by atoms with Gasteiger partial charge in [-0.25, -0.2) is 4.98 Å². The Morgan fingerprint density at radius 3 is 1.19 bits per heavy atom.